The van der Waals surface area contributed by atoms with E-state index in [0.29, 0.717) is 0 Å². The van der Waals surface area contributed by atoms with E-state index in [-0.39, 0.29) is 5.41 Å². The zero-order valence-corrected chi connectivity index (χ0v) is 36.0. The van der Waals surface area contributed by atoms with Crippen LogP contribution in [0.1, 0.15) is 25.0 Å². The second-order valence-corrected chi connectivity index (χ2v) is 18.4. The molecule has 1 aliphatic rings. The summed E-state index contributed by atoms with van der Waals surface area (Å²) in [6.45, 7) is 4.77. The Morgan fingerprint density at radius 1 is 0.317 bits per heavy atom. The van der Waals surface area contributed by atoms with Crippen molar-refractivity contribution in [2.75, 3.05) is 4.90 Å². The molecule has 1 heterocycles. The molecular weight excluding hydrogens is 779 g/mol. The third-order valence-corrected chi connectivity index (χ3v) is 14.5. The van der Waals surface area contributed by atoms with E-state index >= 15 is 0 Å². The molecule has 10 aromatic carbocycles. The van der Waals surface area contributed by atoms with Gasteiger partial charge < -0.3 is 4.90 Å². The van der Waals surface area contributed by atoms with E-state index in [1.54, 1.807) is 0 Å². The molecule has 298 valence electrons. The Kier molecular flexibility index (Phi) is 8.77. The molecule has 0 aliphatic heterocycles. The number of benzene rings is 10. The number of thiophene rings is 1. The quantitative estimate of drug-likeness (QED) is 0.155. The van der Waals surface area contributed by atoms with Gasteiger partial charge in [0.2, 0.25) is 0 Å². The minimum atomic E-state index is -0.191. The normalized spacial score (nSPS) is 12.7. The van der Waals surface area contributed by atoms with Crippen LogP contribution in [-0.4, -0.2) is 0 Å². The molecule has 2 heteroatoms. The summed E-state index contributed by atoms with van der Waals surface area (Å²) in [7, 11) is 0. The zero-order chi connectivity index (χ0) is 42.1. The number of hydrogen-bond acceptors (Lipinski definition) is 2. The fourth-order valence-corrected chi connectivity index (χ4v) is 11.1. The topological polar surface area (TPSA) is 3.24 Å². The van der Waals surface area contributed by atoms with Crippen molar-refractivity contribution in [1.82, 2.24) is 0 Å². The summed E-state index contributed by atoms with van der Waals surface area (Å²) in [6.07, 6.45) is 0. The lowest BCUT2D eigenvalue weighted by molar-refractivity contribution is 0.660. The van der Waals surface area contributed by atoms with E-state index < -0.39 is 0 Å². The molecule has 0 saturated heterocycles. The molecule has 0 saturated carbocycles. The largest absolute Gasteiger partial charge is 0.310 e. The average molecular weight is 822 g/mol. The molecular formula is C61H43NS. The van der Waals surface area contributed by atoms with E-state index in [2.05, 4.69) is 243 Å². The van der Waals surface area contributed by atoms with E-state index in [1.807, 2.05) is 11.3 Å². The molecule has 0 fully saturated rings. The monoisotopic (exact) mass is 821 g/mol. The Balaban J connectivity index is 0.989. The minimum Gasteiger partial charge on any atom is -0.310 e. The molecule has 0 unspecified atom stereocenters. The van der Waals surface area contributed by atoms with Gasteiger partial charge in [-0.15, -0.1) is 11.3 Å². The molecule has 0 N–H and O–H groups in total. The highest BCUT2D eigenvalue weighted by Crippen LogP contribution is 2.52. The average Bonchev–Trinajstić information content (AvgIpc) is 3.83. The van der Waals surface area contributed by atoms with Gasteiger partial charge in [-0.2, -0.15) is 0 Å². The van der Waals surface area contributed by atoms with Gasteiger partial charge in [0.25, 0.3) is 0 Å². The highest BCUT2D eigenvalue weighted by molar-refractivity contribution is 7.25. The molecule has 12 rings (SSSR count). The van der Waals surface area contributed by atoms with Gasteiger partial charge in [0.15, 0.2) is 0 Å². The Morgan fingerprint density at radius 3 is 1.54 bits per heavy atom. The summed E-state index contributed by atoms with van der Waals surface area (Å²) in [4.78, 5) is 2.47. The van der Waals surface area contributed by atoms with E-state index in [9.17, 15) is 0 Å². The second-order valence-electron chi connectivity index (χ2n) is 17.3. The van der Waals surface area contributed by atoms with Gasteiger partial charge >= 0.3 is 0 Å². The first-order valence-corrected chi connectivity index (χ1v) is 22.6. The van der Waals surface area contributed by atoms with Gasteiger partial charge in [-0.3, -0.25) is 0 Å². The molecule has 11 aromatic rings. The number of anilines is 3. The van der Waals surface area contributed by atoms with Crippen molar-refractivity contribution < 1.29 is 0 Å². The Bertz CT molecular complexity index is 3510. The molecule has 0 atom stereocenters. The van der Waals surface area contributed by atoms with Crippen molar-refractivity contribution in [2.24, 2.45) is 0 Å². The fraction of sp³-hybridized carbons (Fsp3) is 0.0492. The van der Waals surface area contributed by atoms with Crippen molar-refractivity contribution in [2.45, 2.75) is 19.3 Å². The first-order chi connectivity index (χ1) is 31.0. The van der Waals surface area contributed by atoms with Crippen LogP contribution >= 0.6 is 11.3 Å². The summed E-state index contributed by atoms with van der Waals surface area (Å²) >= 11 is 1.86. The molecule has 0 radical (unpaired) electrons. The molecule has 0 bridgehead atoms. The smallest absolute Gasteiger partial charge is 0.0540 e. The van der Waals surface area contributed by atoms with Crippen molar-refractivity contribution >= 4 is 59.3 Å². The van der Waals surface area contributed by atoms with Gasteiger partial charge in [0.1, 0.15) is 0 Å². The SMILES string of the molecule is CC1(C)c2cc(-c3ccccc3)ccc2-c2ccc(N(c3ccc(-c4ccc5sc6ccccc6c5c4)cc3)c3ccc(-c4ccc(-c5ccccc5)cc4)c4ccccc34)cc21. The maximum absolute atomic E-state index is 2.47. The van der Waals surface area contributed by atoms with Gasteiger partial charge in [0, 0.05) is 42.3 Å². The highest BCUT2D eigenvalue weighted by Gasteiger charge is 2.36. The van der Waals surface area contributed by atoms with Gasteiger partial charge in [-0.05, 0) is 127 Å². The molecule has 1 aliphatic carbocycles. The van der Waals surface area contributed by atoms with Gasteiger partial charge in [-0.25, -0.2) is 0 Å². The lowest BCUT2D eigenvalue weighted by Gasteiger charge is -2.29. The predicted molar refractivity (Wildman–Crippen MR) is 271 cm³/mol. The van der Waals surface area contributed by atoms with Crippen LogP contribution in [0.15, 0.2) is 224 Å². The van der Waals surface area contributed by atoms with E-state index in [4.69, 9.17) is 0 Å². The number of hydrogen-bond donors (Lipinski definition) is 0. The molecule has 0 amide bonds. The summed E-state index contributed by atoms with van der Waals surface area (Å²) in [6, 6.07) is 82.9. The number of rotatable bonds is 7. The number of nitrogens with zero attached hydrogens (tertiary/aromatic N) is 1. The van der Waals surface area contributed by atoms with Crippen LogP contribution in [0.25, 0.3) is 86.6 Å². The summed E-state index contributed by atoms with van der Waals surface area (Å²) in [5.74, 6) is 0. The Morgan fingerprint density at radius 2 is 0.794 bits per heavy atom. The molecule has 63 heavy (non-hydrogen) atoms. The zero-order valence-electron chi connectivity index (χ0n) is 35.2. The van der Waals surface area contributed by atoms with Crippen LogP contribution in [-0.2, 0) is 5.41 Å². The third-order valence-electron chi connectivity index (χ3n) is 13.3. The van der Waals surface area contributed by atoms with Crippen molar-refractivity contribution in [3.63, 3.8) is 0 Å². The summed E-state index contributed by atoms with van der Waals surface area (Å²) in [5, 5.41) is 5.07. The van der Waals surface area contributed by atoms with E-state index in [0.717, 1.165) is 17.1 Å². The van der Waals surface area contributed by atoms with E-state index in [1.165, 1.54) is 97.7 Å². The van der Waals surface area contributed by atoms with Crippen LogP contribution in [0.4, 0.5) is 17.1 Å². The Hall–Kier alpha value is -7.52. The minimum absolute atomic E-state index is 0.191. The highest BCUT2D eigenvalue weighted by atomic mass is 32.1. The summed E-state index contributed by atoms with van der Waals surface area (Å²) < 4.78 is 2.65. The van der Waals surface area contributed by atoms with Crippen molar-refractivity contribution in [3.8, 4) is 55.6 Å². The first-order valence-electron chi connectivity index (χ1n) is 21.8. The lowest BCUT2D eigenvalue weighted by atomic mass is 9.81. The van der Waals surface area contributed by atoms with Gasteiger partial charge in [0.05, 0.1) is 5.69 Å². The fourth-order valence-electron chi connectivity index (χ4n) is 10.0. The second kappa shape index (κ2) is 14.8. The Labute approximate surface area is 372 Å². The van der Waals surface area contributed by atoms with Crippen LogP contribution in [0.2, 0.25) is 0 Å². The predicted octanol–water partition coefficient (Wildman–Crippen LogP) is 17.7. The maximum atomic E-state index is 2.47. The van der Waals surface area contributed by atoms with Crippen LogP contribution in [0.3, 0.4) is 0 Å². The standard InChI is InChI=1S/C61H43NS/c1-61(2)56-38-46(41-15-7-4-8-16-41)27-32-51(56)52-33-31-48(39-57(52)61)62(47-29-25-43(26-30-47)45-28-36-60-55(37-45)54-19-11-12-20-59(54)63-60)58-35-34-49(50-17-9-10-18-53(50)58)44-23-21-42(22-24-44)40-13-5-3-6-14-40/h3-39H,1-2H3. The molecule has 1 nitrogen and oxygen atoms in total. The first kappa shape index (κ1) is 37.3. The van der Waals surface area contributed by atoms with Crippen LogP contribution in [0.5, 0.6) is 0 Å². The summed E-state index contributed by atoms with van der Waals surface area (Å²) in [5.41, 5.74) is 18.4. The van der Waals surface area contributed by atoms with Crippen molar-refractivity contribution in [3.05, 3.63) is 236 Å². The molecule has 0 spiro atoms. The van der Waals surface area contributed by atoms with Crippen LogP contribution in [0, 0.1) is 0 Å². The third kappa shape index (κ3) is 6.29. The van der Waals surface area contributed by atoms with Crippen molar-refractivity contribution in [1.29, 1.82) is 0 Å². The lowest BCUT2D eigenvalue weighted by Crippen LogP contribution is -2.17. The van der Waals surface area contributed by atoms with Gasteiger partial charge in [-0.1, -0.05) is 184 Å². The van der Waals surface area contributed by atoms with Crippen LogP contribution < -0.4 is 4.90 Å². The maximum Gasteiger partial charge on any atom is 0.0540 e. The molecule has 1 aromatic heterocycles. The number of fused-ring (bicyclic) bond motifs is 7.